The van der Waals surface area contributed by atoms with Gasteiger partial charge in [-0.25, -0.2) is 0 Å². The van der Waals surface area contributed by atoms with E-state index in [4.69, 9.17) is 5.73 Å². The highest BCUT2D eigenvalue weighted by molar-refractivity contribution is 5.88. The van der Waals surface area contributed by atoms with Gasteiger partial charge in [-0.15, -0.1) is 0 Å². The van der Waals surface area contributed by atoms with Crippen LogP contribution in [0.15, 0.2) is 54.7 Å². The minimum absolute atomic E-state index is 0.389. The first-order valence-corrected chi connectivity index (χ1v) is 6.03. The first-order chi connectivity index (χ1) is 9.25. The van der Waals surface area contributed by atoms with Crippen LogP contribution >= 0.6 is 0 Å². The minimum Gasteiger partial charge on any atom is -0.369 e. The number of nitrogens with two attached hydrogens (primary N) is 1. The molecule has 4 nitrogen and oxygen atoms in total. The molecule has 0 aliphatic carbocycles. The number of carbonyl (C=O) groups is 1. The van der Waals surface area contributed by atoms with Gasteiger partial charge in [-0.2, -0.15) is 5.10 Å². The van der Waals surface area contributed by atoms with Crippen LogP contribution < -0.4 is 5.73 Å². The summed E-state index contributed by atoms with van der Waals surface area (Å²) < 4.78 is 0. The third-order valence-corrected chi connectivity index (χ3v) is 3.22. The molecule has 4 heteroatoms. The molecule has 3 N–H and O–H groups in total. The van der Waals surface area contributed by atoms with Crippen molar-refractivity contribution < 1.29 is 4.79 Å². The molecule has 0 saturated carbocycles. The van der Waals surface area contributed by atoms with E-state index in [2.05, 4.69) is 10.2 Å². The lowest BCUT2D eigenvalue weighted by Gasteiger charge is -2.12. The molecule has 0 spiro atoms. The van der Waals surface area contributed by atoms with Crippen molar-refractivity contribution in [2.24, 2.45) is 5.73 Å². The summed E-state index contributed by atoms with van der Waals surface area (Å²) in [6.45, 7) is 0. The van der Waals surface area contributed by atoms with Crippen molar-refractivity contribution in [1.29, 1.82) is 0 Å². The van der Waals surface area contributed by atoms with Crippen LogP contribution in [0.1, 0.15) is 17.2 Å². The summed E-state index contributed by atoms with van der Waals surface area (Å²) in [5.74, 6) is -0.883. The second-order valence-corrected chi connectivity index (χ2v) is 4.45. The third kappa shape index (κ3) is 2.08. The number of aromatic amines is 1. The highest BCUT2D eigenvalue weighted by atomic mass is 16.1. The number of nitrogens with one attached hydrogen (secondary N) is 1. The second-order valence-electron chi connectivity index (χ2n) is 4.45. The molecule has 0 fully saturated rings. The molecule has 0 bridgehead atoms. The molecule has 1 heterocycles. The molecule has 0 saturated heterocycles. The van der Waals surface area contributed by atoms with Gasteiger partial charge in [0.05, 0.1) is 5.69 Å². The molecule has 1 aromatic heterocycles. The van der Waals surface area contributed by atoms with E-state index in [-0.39, 0.29) is 5.91 Å². The van der Waals surface area contributed by atoms with Gasteiger partial charge in [0.15, 0.2) is 0 Å². The van der Waals surface area contributed by atoms with Crippen molar-refractivity contribution in [3.05, 3.63) is 66.0 Å². The smallest absolute Gasteiger partial charge is 0.231 e. The average molecular weight is 251 g/mol. The summed E-state index contributed by atoms with van der Waals surface area (Å²) >= 11 is 0. The zero-order chi connectivity index (χ0) is 13.2. The van der Waals surface area contributed by atoms with Crippen molar-refractivity contribution >= 4 is 16.7 Å². The number of benzene rings is 2. The van der Waals surface area contributed by atoms with Gasteiger partial charge in [0.25, 0.3) is 0 Å². The average Bonchev–Trinajstić information content (AvgIpc) is 2.92. The van der Waals surface area contributed by atoms with E-state index in [9.17, 15) is 4.79 Å². The van der Waals surface area contributed by atoms with Gasteiger partial charge in [-0.05, 0) is 28.5 Å². The standard InChI is InChI=1S/C15H13N3O/c16-15(19)14(13-7-8-17-18-13)12-6-5-10-3-1-2-4-11(10)9-12/h1-9,14H,(H2,16,19)(H,17,18). The number of rotatable bonds is 3. The molecular weight excluding hydrogens is 238 g/mol. The Morgan fingerprint density at radius 3 is 2.58 bits per heavy atom. The first kappa shape index (κ1) is 11.5. The molecule has 0 aliphatic rings. The van der Waals surface area contributed by atoms with Crippen LogP contribution in [0.2, 0.25) is 0 Å². The topological polar surface area (TPSA) is 71.8 Å². The molecule has 3 aromatic rings. The molecule has 0 aliphatic heterocycles. The van der Waals surface area contributed by atoms with Gasteiger partial charge >= 0.3 is 0 Å². The van der Waals surface area contributed by atoms with E-state index in [0.29, 0.717) is 5.69 Å². The van der Waals surface area contributed by atoms with Crippen LogP contribution in [0.25, 0.3) is 10.8 Å². The number of carbonyl (C=O) groups excluding carboxylic acids is 1. The number of aromatic nitrogens is 2. The summed E-state index contributed by atoms with van der Waals surface area (Å²) in [6.07, 6.45) is 1.62. The van der Waals surface area contributed by atoms with E-state index in [0.717, 1.165) is 16.3 Å². The predicted octanol–water partition coefficient (Wildman–Crippen LogP) is 2.18. The number of amides is 1. The lowest BCUT2D eigenvalue weighted by atomic mass is 9.93. The maximum absolute atomic E-state index is 11.7. The van der Waals surface area contributed by atoms with Crippen molar-refractivity contribution in [3.8, 4) is 0 Å². The number of H-pyrrole nitrogens is 1. The molecule has 1 unspecified atom stereocenters. The van der Waals surface area contributed by atoms with Crippen molar-refractivity contribution in [2.75, 3.05) is 0 Å². The van der Waals surface area contributed by atoms with Gasteiger partial charge in [-0.3, -0.25) is 9.89 Å². The van der Waals surface area contributed by atoms with E-state index < -0.39 is 5.92 Å². The zero-order valence-electron chi connectivity index (χ0n) is 10.2. The Labute approximate surface area is 110 Å². The molecule has 19 heavy (non-hydrogen) atoms. The Morgan fingerprint density at radius 2 is 1.89 bits per heavy atom. The van der Waals surface area contributed by atoms with Crippen LogP contribution in [0.5, 0.6) is 0 Å². The number of fused-ring (bicyclic) bond motifs is 1. The molecular formula is C15H13N3O. The van der Waals surface area contributed by atoms with E-state index >= 15 is 0 Å². The number of hydrogen-bond acceptors (Lipinski definition) is 2. The molecule has 3 rings (SSSR count). The molecule has 1 amide bonds. The number of hydrogen-bond donors (Lipinski definition) is 2. The lowest BCUT2D eigenvalue weighted by Crippen LogP contribution is -2.22. The van der Waals surface area contributed by atoms with E-state index in [1.54, 1.807) is 12.3 Å². The second kappa shape index (κ2) is 4.57. The largest absolute Gasteiger partial charge is 0.369 e. The summed E-state index contributed by atoms with van der Waals surface area (Å²) in [5.41, 5.74) is 7.10. The van der Waals surface area contributed by atoms with Crippen molar-refractivity contribution in [1.82, 2.24) is 10.2 Å². The first-order valence-electron chi connectivity index (χ1n) is 6.03. The summed E-state index contributed by atoms with van der Waals surface area (Å²) in [4.78, 5) is 11.7. The Kier molecular flexibility index (Phi) is 2.76. The van der Waals surface area contributed by atoms with Crippen LogP contribution in [0, 0.1) is 0 Å². The maximum atomic E-state index is 11.7. The third-order valence-electron chi connectivity index (χ3n) is 3.22. The Bertz CT molecular complexity index is 719. The Morgan fingerprint density at radius 1 is 1.11 bits per heavy atom. The molecule has 2 aromatic carbocycles. The van der Waals surface area contributed by atoms with Crippen LogP contribution in [-0.4, -0.2) is 16.1 Å². The SMILES string of the molecule is NC(=O)C(c1ccc2ccccc2c1)c1ccn[nH]1. The van der Waals surface area contributed by atoms with Crippen LogP contribution in [0.3, 0.4) is 0 Å². The van der Waals surface area contributed by atoms with E-state index in [1.165, 1.54) is 0 Å². The zero-order valence-corrected chi connectivity index (χ0v) is 10.2. The predicted molar refractivity (Wildman–Crippen MR) is 73.6 cm³/mol. The van der Waals surface area contributed by atoms with Crippen molar-refractivity contribution in [3.63, 3.8) is 0 Å². The highest BCUT2D eigenvalue weighted by Gasteiger charge is 2.21. The maximum Gasteiger partial charge on any atom is 0.231 e. The van der Waals surface area contributed by atoms with Gasteiger partial charge in [0, 0.05) is 6.20 Å². The molecule has 94 valence electrons. The fourth-order valence-corrected chi connectivity index (χ4v) is 2.31. The minimum atomic E-state index is -0.493. The fourth-order valence-electron chi connectivity index (χ4n) is 2.31. The quantitative estimate of drug-likeness (QED) is 0.749. The van der Waals surface area contributed by atoms with Crippen LogP contribution in [-0.2, 0) is 4.79 Å². The summed E-state index contributed by atoms with van der Waals surface area (Å²) in [5, 5.41) is 8.92. The molecule has 0 radical (unpaired) electrons. The van der Waals surface area contributed by atoms with Gasteiger partial charge in [0.1, 0.15) is 5.92 Å². The van der Waals surface area contributed by atoms with E-state index in [1.807, 2.05) is 42.5 Å². The molecule has 1 atom stereocenters. The summed E-state index contributed by atoms with van der Waals surface area (Å²) in [6, 6.07) is 15.7. The van der Waals surface area contributed by atoms with Gasteiger partial charge in [0.2, 0.25) is 5.91 Å². The summed E-state index contributed by atoms with van der Waals surface area (Å²) in [7, 11) is 0. The van der Waals surface area contributed by atoms with Crippen molar-refractivity contribution in [2.45, 2.75) is 5.92 Å². The Balaban J connectivity index is 2.13. The highest BCUT2D eigenvalue weighted by Crippen LogP contribution is 2.26. The van der Waals surface area contributed by atoms with Gasteiger partial charge in [-0.1, -0.05) is 36.4 Å². The Hall–Kier alpha value is -2.62. The lowest BCUT2D eigenvalue weighted by molar-refractivity contribution is -0.118. The monoisotopic (exact) mass is 251 g/mol. The fraction of sp³-hybridized carbons (Fsp3) is 0.0667. The normalized spacial score (nSPS) is 12.4. The van der Waals surface area contributed by atoms with Crippen LogP contribution in [0.4, 0.5) is 0 Å². The number of primary amides is 1. The van der Waals surface area contributed by atoms with Gasteiger partial charge < -0.3 is 5.73 Å². The number of nitrogens with zero attached hydrogens (tertiary/aromatic N) is 1.